The van der Waals surface area contributed by atoms with E-state index in [2.05, 4.69) is 41.4 Å². The van der Waals surface area contributed by atoms with Crippen molar-refractivity contribution in [2.75, 3.05) is 20.2 Å². The van der Waals surface area contributed by atoms with Crippen LogP contribution in [-0.2, 0) is 11.3 Å². The number of amides is 1. The molecule has 0 saturated carbocycles. The Morgan fingerprint density at radius 1 is 1.24 bits per heavy atom. The van der Waals surface area contributed by atoms with Crippen LogP contribution in [0.25, 0.3) is 0 Å². The fraction of sp³-hybridized carbons (Fsp3) is 0.381. The average molecular weight is 338 g/mol. The molecule has 1 aliphatic rings. The van der Waals surface area contributed by atoms with Gasteiger partial charge in [-0.05, 0) is 55.1 Å². The minimum Gasteiger partial charge on any atom is -0.497 e. The zero-order valence-electron chi connectivity index (χ0n) is 15.0. The first-order chi connectivity index (χ1) is 12.2. The van der Waals surface area contributed by atoms with Crippen LogP contribution >= 0.6 is 0 Å². The zero-order chi connectivity index (χ0) is 17.6. The summed E-state index contributed by atoms with van der Waals surface area (Å²) in [5, 5.41) is 3.06. The Kier molecular flexibility index (Phi) is 5.71. The maximum Gasteiger partial charge on any atom is 0.234 e. The van der Waals surface area contributed by atoms with Crippen molar-refractivity contribution in [2.45, 2.75) is 32.4 Å². The van der Waals surface area contributed by atoms with Gasteiger partial charge >= 0.3 is 0 Å². The summed E-state index contributed by atoms with van der Waals surface area (Å²) in [5.74, 6) is 0.950. The number of methoxy groups -OCH3 is 1. The molecule has 0 aromatic heterocycles. The summed E-state index contributed by atoms with van der Waals surface area (Å²) in [4.78, 5) is 14.7. The SMILES string of the molecule is COc1cccc([C@H]2CCCN2CC(=O)NCc2ccccc2C)c1. The largest absolute Gasteiger partial charge is 0.497 e. The van der Waals surface area contributed by atoms with Crippen LogP contribution in [0, 0.1) is 6.92 Å². The second-order valence-electron chi connectivity index (χ2n) is 6.61. The third kappa shape index (κ3) is 4.40. The Morgan fingerprint density at radius 2 is 2.08 bits per heavy atom. The summed E-state index contributed by atoms with van der Waals surface area (Å²) in [5.41, 5.74) is 3.60. The highest BCUT2D eigenvalue weighted by Crippen LogP contribution is 2.33. The number of nitrogens with one attached hydrogen (secondary N) is 1. The molecule has 0 aliphatic carbocycles. The predicted octanol–water partition coefficient (Wildman–Crippen LogP) is 3.46. The summed E-state index contributed by atoms with van der Waals surface area (Å²) < 4.78 is 5.33. The number of aryl methyl sites for hydroxylation is 1. The van der Waals surface area contributed by atoms with Crippen molar-refractivity contribution in [1.29, 1.82) is 0 Å². The van der Waals surface area contributed by atoms with E-state index in [1.165, 1.54) is 16.7 Å². The lowest BCUT2D eigenvalue weighted by Crippen LogP contribution is -2.36. The van der Waals surface area contributed by atoms with Crippen molar-refractivity contribution in [1.82, 2.24) is 10.2 Å². The lowest BCUT2D eigenvalue weighted by Gasteiger charge is -2.24. The number of carbonyl (C=O) groups is 1. The lowest BCUT2D eigenvalue weighted by atomic mass is 10.0. The second kappa shape index (κ2) is 8.17. The van der Waals surface area contributed by atoms with Gasteiger partial charge in [-0.3, -0.25) is 9.69 Å². The molecule has 25 heavy (non-hydrogen) atoms. The van der Waals surface area contributed by atoms with E-state index in [4.69, 9.17) is 4.74 Å². The molecule has 2 aromatic carbocycles. The number of nitrogens with zero attached hydrogens (tertiary/aromatic N) is 1. The normalized spacial score (nSPS) is 17.4. The molecule has 1 N–H and O–H groups in total. The van der Waals surface area contributed by atoms with Crippen LogP contribution in [0.3, 0.4) is 0 Å². The van der Waals surface area contributed by atoms with Crippen LogP contribution in [0.5, 0.6) is 5.75 Å². The Hall–Kier alpha value is -2.33. The average Bonchev–Trinajstić information content (AvgIpc) is 3.09. The fourth-order valence-electron chi connectivity index (χ4n) is 3.48. The molecule has 1 amide bonds. The maximum atomic E-state index is 12.4. The Balaban J connectivity index is 1.59. The van der Waals surface area contributed by atoms with Crippen LogP contribution in [0.4, 0.5) is 0 Å². The van der Waals surface area contributed by atoms with Gasteiger partial charge in [-0.15, -0.1) is 0 Å². The molecule has 1 fully saturated rings. The summed E-state index contributed by atoms with van der Waals surface area (Å²) >= 11 is 0. The molecular formula is C21H26N2O2. The molecule has 132 valence electrons. The molecular weight excluding hydrogens is 312 g/mol. The van der Waals surface area contributed by atoms with Crippen molar-refractivity contribution in [3.8, 4) is 5.75 Å². The first-order valence-corrected chi connectivity index (χ1v) is 8.86. The van der Waals surface area contributed by atoms with Gasteiger partial charge in [0.15, 0.2) is 0 Å². The van der Waals surface area contributed by atoms with Gasteiger partial charge < -0.3 is 10.1 Å². The van der Waals surface area contributed by atoms with Crippen LogP contribution < -0.4 is 10.1 Å². The molecule has 1 atom stereocenters. The van der Waals surface area contributed by atoms with Gasteiger partial charge in [0.25, 0.3) is 0 Å². The molecule has 3 rings (SSSR count). The number of hydrogen-bond donors (Lipinski definition) is 1. The quantitative estimate of drug-likeness (QED) is 0.877. The molecule has 0 spiro atoms. The molecule has 1 saturated heterocycles. The molecule has 1 heterocycles. The first kappa shape index (κ1) is 17.5. The van der Waals surface area contributed by atoms with E-state index in [1.54, 1.807) is 7.11 Å². The van der Waals surface area contributed by atoms with E-state index in [0.717, 1.165) is 25.1 Å². The third-order valence-corrected chi connectivity index (χ3v) is 4.93. The fourth-order valence-corrected chi connectivity index (χ4v) is 3.48. The summed E-state index contributed by atoms with van der Waals surface area (Å²) in [6, 6.07) is 16.6. The molecule has 0 unspecified atom stereocenters. The van der Waals surface area contributed by atoms with Gasteiger partial charge in [0.1, 0.15) is 5.75 Å². The first-order valence-electron chi connectivity index (χ1n) is 8.86. The minimum atomic E-state index is 0.0815. The number of benzene rings is 2. The summed E-state index contributed by atoms with van der Waals surface area (Å²) in [7, 11) is 1.69. The van der Waals surface area contributed by atoms with Gasteiger partial charge in [-0.1, -0.05) is 36.4 Å². The third-order valence-electron chi connectivity index (χ3n) is 4.93. The van der Waals surface area contributed by atoms with Crippen molar-refractivity contribution in [3.63, 3.8) is 0 Å². The van der Waals surface area contributed by atoms with Crippen LogP contribution in [0.15, 0.2) is 48.5 Å². The molecule has 0 bridgehead atoms. The minimum absolute atomic E-state index is 0.0815. The summed E-state index contributed by atoms with van der Waals surface area (Å²) in [6.07, 6.45) is 2.20. The van der Waals surface area contributed by atoms with Crippen molar-refractivity contribution in [3.05, 3.63) is 65.2 Å². The van der Waals surface area contributed by atoms with E-state index in [-0.39, 0.29) is 5.91 Å². The lowest BCUT2D eigenvalue weighted by molar-refractivity contribution is -0.122. The molecule has 2 aromatic rings. The van der Waals surface area contributed by atoms with Gasteiger partial charge in [0.05, 0.1) is 13.7 Å². The number of carbonyl (C=O) groups excluding carboxylic acids is 1. The van der Waals surface area contributed by atoms with E-state index in [9.17, 15) is 4.79 Å². The smallest absolute Gasteiger partial charge is 0.234 e. The van der Waals surface area contributed by atoms with Gasteiger partial charge in [0.2, 0.25) is 5.91 Å². The highest BCUT2D eigenvalue weighted by molar-refractivity contribution is 5.78. The topological polar surface area (TPSA) is 41.6 Å². The van der Waals surface area contributed by atoms with Crippen LogP contribution in [0.1, 0.15) is 35.6 Å². The standard InChI is InChI=1S/C21H26N2O2/c1-16-7-3-4-8-18(16)14-22-21(24)15-23-12-6-11-20(23)17-9-5-10-19(13-17)25-2/h3-5,7-10,13,20H,6,11-12,14-15H2,1-2H3,(H,22,24)/t20-/m1/s1. The van der Waals surface area contributed by atoms with Crippen molar-refractivity contribution in [2.24, 2.45) is 0 Å². The monoisotopic (exact) mass is 338 g/mol. The molecule has 4 nitrogen and oxygen atoms in total. The van der Waals surface area contributed by atoms with E-state index in [0.29, 0.717) is 19.1 Å². The number of rotatable bonds is 6. The number of likely N-dealkylation sites (tertiary alicyclic amines) is 1. The highest BCUT2D eigenvalue weighted by Gasteiger charge is 2.27. The molecule has 1 aliphatic heterocycles. The Bertz CT molecular complexity index is 729. The maximum absolute atomic E-state index is 12.4. The number of hydrogen-bond acceptors (Lipinski definition) is 3. The molecule has 4 heteroatoms. The molecule has 0 radical (unpaired) electrons. The van der Waals surface area contributed by atoms with Gasteiger partial charge in [-0.2, -0.15) is 0 Å². The van der Waals surface area contributed by atoms with Crippen molar-refractivity contribution < 1.29 is 9.53 Å². The van der Waals surface area contributed by atoms with E-state index < -0.39 is 0 Å². The summed E-state index contributed by atoms with van der Waals surface area (Å²) in [6.45, 7) is 4.05. The Labute approximate surface area is 149 Å². The van der Waals surface area contributed by atoms with Crippen molar-refractivity contribution >= 4 is 5.91 Å². The highest BCUT2D eigenvalue weighted by atomic mass is 16.5. The van der Waals surface area contributed by atoms with Gasteiger partial charge in [-0.25, -0.2) is 0 Å². The van der Waals surface area contributed by atoms with E-state index >= 15 is 0 Å². The van der Waals surface area contributed by atoms with Crippen LogP contribution in [0.2, 0.25) is 0 Å². The van der Waals surface area contributed by atoms with Gasteiger partial charge in [0, 0.05) is 12.6 Å². The Morgan fingerprint density at radius 3 is 2.88 bits per heavy atom. The zero-order valence-corrected chi connectivity index (χ0v) is 15.0. The van der Waals surface area contributed by atoms with E-state index in [1.807, 2.05) is 24.3 Å². The predicted molar refractivity (Wildman–Crippen MR) is 99.6 cm³/mol. The second-order valence-corrected chi connectivity index (χ2v) is 6.61. The number of ether oxygens (including phenoxy) is 1. The van der Waals surface area contributed by atoms with Crippen LogP contribution in [-0.4, -0.2) is 31.0 Å².